The fourth-order valence-corrected chi connectivity index (χ4v) is 4.17. The molecule has 2 aliphatic rings. The molecular weight excluding hydrogens is 338 g/mol. The second kappa shape index (κ2) is 5.69. The molecule has 0 bridgehead atoms. The Hall–Kier alpha value is -2.15. The lowest BCUT2D eigenvalue weighted by Crippen LogP contribution is -2.35. The Labute approximate surface area is 147 Å². The maximum Gasteiger partial charge on any atom is 0.278 e. The van der Waals surface area contributed by atoms with Crippen molar-refractivity contribution >= 4 is 21.4 Å². The van der Waals surface area contributed by atoms with Crippen LogP contribution in [0.25, 0.3) is 0 Å². The summed E-state index contributed by atoms with van der Waals surface area (Å²) in [7, 11) is -1.37. The zero-order chi connectivity index (χ0) is 17.8. The minimum Gasteiger partial charge on any atom is -0.307 e. The Morgan fingerprint density at radius 3 is 2.68 bits per heavy atom. The highest BCUT2D eigenvalue weighted by Gasteiger charge is 2.31. The number of sulfone groups is 1. The van der Waals surface area contributed by atoms with Crippen LogP contribution in [0.15, 0.2) is 29.2 Å². The molecule has 2 heterocycles. The smallest absolute Gasteiger partial charge is 0.278 e. The molecular formula is C18H21N3O3S. The van der Waals surface area contributed by atoms with Crippen LogP contribution in [0.1, 0.15) is 46.9 Å². The van der Waals surface area contributed by atoms with E-state index in [9.17, 15) is 13.2 Å². The van der Waals surface area contributed by atoms with Gasteiger partial charge in [0.05, 0.1) is 4.90 Å². The average Bonchev–Trinajstić information content (AvgIpc) is 3.34. The summed E-state index contributed by atoms with van der Waals surface area (Å²) < 4.78 is 25.4. The normalized spacial score (nSPS) is 17.4. The molecule has 6 nitrogen and oxygen atoms in total. The van der Waals surface area contributed by atoms with Crippen LogP contribution in [-0.4, -0.2) is 36.9 Å². The summed E-state index contributed by atoms with van der Waals surface area (Å²) >= 11 is 0. The van der Waals surface area contributed by atoms with E-state index >= 15 is 0 Å². The maximum absolute atomic E-state index is 13.0. The van der Waals surface area contributed by atoms with Gasteiger partial charge >= 0.3 is 0 Å². The molecule has 132 valence electrons. The van der Waals surface area contributed by atoms with Crippen LogP contribution < -0.4 is 4.90 Å². The number of amides is 1. The molecule has 2 aromatic rings. The van der Waals surface area contributed by atoms with Crippen molar-refractivity contribution in [1.29, 1.82) is 0 Å². The Bertz CT molecular complexity index is 958. The van der Waals surface area contributed by atoms with Gasteiger partial charge in [-0.1, -0.05) is 0 Å². The number of anilines is 1. The molecule has 1 aliphatic carbocycles. The van der Waals surface area contributed by atoms with Gasteiger partial charge in [-0.05, 0) is 55.5 Å². The van der Waals surface area contributed by atoms with Gasteiger partial charge in [-0.25, -0.2) is 8.42 Å². The highest BCUT2D eigenvalue weighted by molar-refractivity contribution is 7.90. The van der Waals surface area contributed by atoms with E-state index in [1.165, 1.54) is 6.26 Å². The molecule has 4 rings (SSSR count). The molecule has 0 spiro atoms. The number of hydrogen-bond acceptors (Lipinski definition) is 4. The number of hydrogen-bond donors (Lipinski definition) is 0. The highest BCUT2D eigenvalue weighted by atomic mass is 32.2. The monoisotopic (exact) mass is 359 g/mol. The van der Waals surface area contributed by atoms with Gasteiger partial charge in [-0.15, -0.1) is 0 Å². The van der Waals surface area contributed by atoms with Crippen molar-refractivity contribution in [3.8, 4) is 0 Å². The molecule has 1 aliphatic heterocycles. The molecule has 7 heteroatoms. The van der Waals surface area contributed by atoms with E-state index in [4.69, 9.17) is 0 Å². The van der Waals surface area contributed by atoms with Gasteiger partial charge in [0.25, 0.3) is 5.91 Å². The lowest BCUT2D eigenvalue weighted by molar-refractivity contribution is 0.0979. The number of aromatic nitrogens is 2. The summed E-state index contributed by atoms with van der Waals surface area (Å²) in [5.74, 6) is 0.417. The predicted octanol–water partition coefficient (Wildman–Crippen LogP) is 2.29. The molecule has 1 aromatic heterocycles. The average molecular weight is 359 g/mol. The summed E-state index contributed by atoms with van der Waals surface area (Å²) in [6.07, 6.45) is 5.11. The second-order valence-electron chi connectivity index (χ2n) is 6.98. The first-order valence-electron chi connectivity index (χ1n) is 8.53. The van der Waals surface area contributed by atoms with Gasteiger partial charge in [0.2, 0.25) is 0 Å². The third kappa shape index (κ3) is 2.97. The largest absolute Gasteiger partial charge is 0.307 e. The van der Waals surface area contributed by atoms with Crippen LogP contribution >= 0.6 is 0 Å². The van der Waals surface area contributed by atoms with Crippen LogP contribution in [0.4, 0.5) is 5.69 Å². The van der Waals surface area contributed by atoms with Gasteiger partial charge < -0.3 is 4.90 Å². The van der Waals surface area contributed by atoms with Gasteiger partial charge in [0, 0.05) is 37.1 Å². The third-order valence-corrected chi connectivity index (χ3v) is 6.08. The van der Waals surface area contributed by atoms with Crippen LogP contribution in [-0.2, 0) is 23.3 Å². The number of aryl methyl sites for hydroxylation is 2. The first-order valence-corrected chi connectivity index (χ1v) is 10.4. The number of fused-ring (bicyclic) bond motifs is 1. The summed E-state index contributed by atoms with van der Waals surface area (Å²) in [5.41, 5.74) is 3.28. The molecule has 1 saturated carbocycles. The summed E-state index contributed by atoms with van der Waals surface area (Å²) in [6, 6.07) is 6.92. The Kier molecular flexibility index (Phi) is 3.72. The van der Waals surface area contributed by atoms with Gasteiger partial charge in [-0.3, -0.25) is 9.48 Å². The standard InChI is InChI=1S/C18H21N3O3S/c1-20-17(12-5-6-12)11-15(19-20)18(22)21-9-3-4-13-10-14(25(2,23)24)7-8-16(13)21/h7-8,10-12H,3-6,9H2,1-2H3. The molecule has 0 radical (unpaired) electrons. The topological polar surface area (TPSA) is 72.3 Å². The van der Waals surface area contributed by atoms with Crippen molar-refractivity contribution in [3.05, 3.63) is 41.2 Å². The summed E-state index contributed by atoms with van der Waals surface area (Å²) in [5, 5.41) is 4.41. The van der Waals surface area contributed by atoms with Crippen LogP contribution in [0.3, 0.4) is 0 Å². The van der Waals surface area contributed by atoms with Crippen LogP contribution in [0.2, 0.25) is 0 Å². The molecule has 0 unspecified atom stereocenters. The minimum absolute atomic E-state index is 0.115. The Balaban J connectivity index is 1.68. The number of rotatable bonds is 3. The molecule has 1 aromatic carbocycles. The second-order valence-corrected chi connectivity index (χ2v) is 8.99. The zero-order valence-electron chi connectivity index (χ0n) is 14.4. The van der Waals surface area contributed by atoms with E-state index in [-0.39, 0.29) is 5.91 Å². The van der Waals surface area contributed by atoms with E-state index in [1.54, 1.807) is 23.1 Å². The minimum atomic E-state index is -3.25. The number of nitrogens with zero attached hydrogens (tertiary/aromatic N) is 3. The lowest BCUT2D eigenvalue weighted by atomic mass is 10.0. The third-order valence-electron chi connectivity index (χ3n) is 4.97. The van der Waals surface area contributed by atoms with Crippen LogP contribution in [0.5, 0.6) is 0 Å². The van der Waals surface area contributed by atoms with E-state index in [0.29, 0.717) is 23.1 Å². The maximum atomic E-state index is 13.0. The SMILES string of the molecule is Cn1nc(C(=O)N2CCCc3cc(S(C)(=O)=O)ccc32)cc1C1CC1. The van der Waals surface area contributed by atoms with Gasteiger partial charge in [0.1, 0.15) is 0 Å². The number of benzene rings is 1. The van der Waals surface area contributed by atoms with E-state index in [2.05, 4.69) is 5.10 Å². The van der Waals surface area contributed by atoms with E-state index in [1.807, 2.05) is 17.8 Å². The number of carbonyl (C=O) groups is 1. The highest BCUT2D eigenvalue weighted by Crippen LogP contribution is 2.40. The van der Waals surface area contributed by atoms with Crippen LogP contribution in [0, 0.1) is 0 Å². The Morgan fingerprint density at radius 1 is 1.24 bits per heavy atom. The zero-order valence-corrected chi connectivity index (χ0v) is 15.2. The first kappa shape index (κ1) is 16.3. The fourth-order valence-electron chi connectivity index (χ4n) is 3.50. The van der Waals surface area contributed by atoms with Crippen molar-refractivity contribution < 1.29 is 13.2 Å². The molecule has 1 fully saturated rings. The van der Waals surface area contributed by atoms with E-state index < -0.39 is 9.84 Å². The van der Waals surface area contributed by atoms with Crippen molar-refractivity contribution in [3.63, 3.8) is 0 Å². The summed E-state index contributed by atoms with van der Waals surface area (Å²) in [6.45, 7) is 0.624. The molecule has 0 saturated heterocycles. The fraction of sp³-hybridized carbons (Fsp3) is 0.444. The molecule has 1 amide bonds. The number of carbonyl (C=O) groups excluding carboxylic acids is 1. The van der Waals surface area contributed by atoms with Crippen molar-refractivity contribution in [2.24, 2.45) is 7.05 Å². The van der Waals surface area contributed by atoms with Gasteiger partial charge in [-0.2, -0.15) is 5.10 Å². The first-order chi connectivity index (χ1) is 11.8. The van der Waals surface area contributed by atoms with E-state index in [0.717, 1.165) is 42.6 Å². The van der Waals surface area contributed by atoms with Crippen molar-refractivity contribution in [1.82, 2.24) is 9.78 Å². The molecule has 0 atom stereocenters. The van der Waals surface area contributed by atoms with Crippen molar-refractivity contribution in [2.75, 3.05) is 17.7 Å². The van der Waals surface area contributed by atoms with Crippen molar-refractivity contribution in [2.45, 2.75) is 36.5 Å². The Morgan fingerprint density at radius 2 is 2.00 bits per heavy atom. The summed E-state index contributed by atoms with van der Waals surface area (Å²) in [4.78, 5) is 15.0. The predicted molar refractivity (Wildman–Crippen MR) is 94.7 cm³/mol. The van der Waals surface area contributed by atoms with Gasteiger partial charge in [0.15, 0.2) is 15.5 Å². The lowest BCUT2D eigenvalue weighted by Gasteiger charge is -2.29. The molecule has 0 N–H and O–H groups in total. The quantitative estimate of drug-likeness (QED) is 0.843. The molecule has 25 heavy (non-hydrogen) atoms.